The fourth-order valence-corrected chi connectivity index (χ4v) is 3.34. The van der Waals surface area contributed by atoms with E-state index in [1.165, 1.54) is 22.4 Å². The number of aryl methyl sites for hydroxylation is 2. The Morgan fingerprint density at radius 3 is 2.67 bits per heavy atom. The van der Waals surface area contributed by atoms with Gasteiger partial charge < -0.3 is 9.64 Å². The van der Waals surface area contributed by atoms with Gasteiger partial charge in [0, 0.05) is 25.2 Å². The van der Waals surface area contributed by atoms with Crippen molar-refractivity contribution in [3.8, 4) is 0 Å². The number of Topliss-reactive ketones (excluding diaryl/α,β-unsaturated/α-hetero) is 1. The standard InChI is InChI=1S/C15H20N2O3S/c1-4-20-15(19)10(9-17(2)3)13(18)14-16-11-7-5-6-8-12(11)21-14/h9H,4-8H2,1-3H3/b10-9-. The normalized spacial score (nSPS) is 14.5. The minimum Gasteiger partial charge on any atom is -0.462 e. The third-order valence-corrected chi connectivity index (χ3v) is 4.32. The van der Waals surface area contributed by atoms with Gasteiger partial charge in [-0.15, -0.1) is 11.3 Å². The predicted molar refractivity (Wildman–Crippen MR) is 81.5 cm³/mol. The second-order valence-electron chi connectivity index (χ2n) is 5.15. The van der Waals surface area contributed by atoms with Crippen LogP contribution in [-0.4, -0.2) is 42.3 Å². The van der Waals surface area contributed by atoms with E-state index in [9.17, 15) is 9.59 Å². The van der Waals surface area contributed by atoms with E-state index in [4.69, 9.17) is 4.74 Å². The molecule has 0 spiro atoms. The van der Waals surface area contributed by atoms with Gasteiger partial charge in [-0.2, -0.15) is 0 Å². The molecule has 0 bridgehead atoms. The van der Waals surface area contributed by atoms with Gasteiger partial charge in [0.1, 0.15) is 5.57 Å². The molecule has 0 unspecified atom stereocenters. The molecule has 0 amide bonds. The van der Waals surface area contributed by atoms with Crippen LogP contribution in [0.4, 0.5) is 0 Å². The summed E-state index contributed by atoms with van der Waals surface area (Å²) in [6.07, 6.45) is 5.65. The van der Waals surface area contributed by atoms with Crippen LogP contribution in [0.5, 0.6) is 0 Å². The summed E-state index contributed by atoms with van der Waals surface area (Å²) in [7, 11) is 3.53. The van der Waals surface area contributed by atoms with E-state index in [-0.39, 0.29) is 18.0 Å². The second-order valence-corrected chi connectivity index (χ2v) is 6.24. The average Bonchev–Trinajstić information content (AvgIpc) is 2.88. The summed E-state index contributed by atoms with van der Waals surface area (Å²) in [4.78, 5) is 31.8. The quantitative estimate of drug-likeness (QED) is 0.274. The molecule has 0 saturated carbocycles. The Kier molecular flexibility index (Phi) is 5.12. The number of nitrogens with zero attached hydrogens (tertiary/aromatic N) is 2. The molecular formula is C15H20N2O3S. The molecule has 1 aliphatic rings. The zero-order chi connectivity index (χ0) is 15.4. The number of esters is 1. The highest BCUT2D eigenvalue weighted by Gasteiger charge is 2.26. The molecular weight excluding hydrogens is 288 g/mol. The van der Waals surface area contributed by atoms with Crippen LogP contribution in [0.15, 0.2) is 11.8 Å². The van der Waals surface area contributed by atoms with Crippen LogP contribution in [0.1, 0.15) is 40.1 Å². The van der Waals surface area contributed by atoms with Crippen LogP contribution in [0, 0.1) is 0 Å². The maximum Gasteiger partial charge on any atom is 0.343 e. The van der Waals surface area contributed by atoms with Crippen LogP contribution in [0.2, 0.25) is 0 Å². The average molecular weight is 308 g/mol. The number of rotatable bonds is 5. The van der Waals surface area contributed by atoms with Gasteiger partial charge in [-0.25, -0.2) is 9.78 Å². The fourth-order valence-electron chi connectivity index (χ4n) is 2.24. The van der Waals surface area contributed by atoms with E-state index >= 15 is 0 Å². The molecule has 114 valence electrons. The molecule has 5 nitrogen and oxygen atoms in total. The van der Waals surface area contributed by atoms with Crippen LogP contribution < -0.4 is 0 Å². The van der Waals surface area contributed by atoms with Gasteiger partial charge >= 0.3 is 5.97 Å². The van der Waals surface area contributed by atoms with Crippen LogP contribution >= 0.6 is 11.3 Å². The van der Waals surface area contributed by atoms with Crippen molar-refractivity contribution < 1.29 is 14.3 Å². The molecule has 0 aromatic carbocycles. The molecule has 1 aliphatic carbocycles. The number of hydrogen-bond acceptors (Lipinski definition) is 6. The molecule has 2 rings (SSSR count). The topological polar surface area (TPSA) is 59.5 Å². The summed E-state index contributed by atoms with van der Waals surface area (Å²) < 4.78 is 4.97. The predicted octanol–water partition coefficient (Wildman–Crippen LogP) is 2.21. The summed E-state index contributed by atoms with van der Waals surface area (Å²) in [6, 6.07) is 0. The highest BCUT2D eigenvalue weighted by atomic mass is 32.1. The number of carbonyl (C=O) groups is 2. The monoisotopic (exact) mass is 308 g/mol. The highest BCUT2D eigenvalue weighted by Crippen LogP contribution is 2.28. The second kappa shape index (κ2) is 6.85. The molecule has 1 aromatic heterocycles. The third-order valence-electron chi connectivity index (χ3n) is 3.17. The number of ketones is 1. The van der Waals surface area contributed by atoms with E-state index in [1.54, 1.807) is 25.9 Å². The lowest BCUT2D eigenvalue weighted by atomic mass is 10.0. The van der Waals surface area contributed by atoms with E-state index < -0.39 is 5.97 Å². The molecule has 1 heterocycles. The van der Waals surface area contributed by atoms with Crippen molar-refractivity contribution in [3.63, 3.8) is 0 Å². The van der Waals surface area contributed by atoms with Crippen molar-refractivity contribution in [1.29, 1.82) is 0 Å². The highest BCUT2D eigenvalue weighted by molar-refractivity contribution is 7.14. The first-order valence-corrected chi connectivity index (χ1v) is 7.93. The minimum atomic E-state index is -0.593. The number of fused-ring (bicyclic) bond motifs is 1. The zero-order valence-electron chi connectivity index (χ0n) is 12.6. The smallest absolute Gasteiger partial charge is 0.343 e. The van der Waals surface area contributed by atoms with Gasteiger partial charge in [-0.3, -0.25) is 4.79 Å². The lowest BCUT2D eigenvalue weighted by Gasteiger charge is -2.09. The first-order chi connectivity index (χ1) is 10.0. The molecule has 0 aliphatic heterocycles. The van der Waals surface area contributed by atoms with Gasteiger partial charge in [0.15, 0.2) is 5.01 Å². The molecule has 0 fully saturated rings. The lowest BCUT2D eigenvalue weighted by molar-refractivity contribution is -0.138. The Balaban J connectivity index is 2.29. The number of thiazole rings is 1. The van der Waals surface area contributed by atoms with Gasteiger partial charge in [-0.1, -0.05) is 0 Å². The Bertz CT molecular complexity index is 552. The first kappa shape index (κ1) is 15.7. The molecule has 6 heteroatoms. The van der Waals surface area contributed by atoms with Crippen LogP contribution in [-0.2, 0) is 22.4 Å². The Morgan fingerprint density at radius 2 is 2.05 bits per heavy atom. The fraction of sp³-hybridized carbons (Fsp3) is 0.533. The van der Waals surface area contributed by atoms with Crippen molar-refractivity contribution in [3.05, 3.63) is 27.4 Å². The van der Waals surface area contributed by atoms with Crippen molar-refractivity contribution in [2.75, 3.05) is 20.7 Å². The minimum absolute atomic E-state index is 0.0351. The zero-order valence-corrected chi connectivity index (χ0v) is 13.5. The number of hydrogen-bond donors (Lipinski definition) is 0. The van der Waals surface area contributed by atoms with E-state index in [0.717, 1.165) is 31.4 Å². The molecule has 1 aromatic rings. The molecule has 0 saturated heterocycles. The summed E-state index contributed by atoms with van der Waals surface area (Å²) in [6.45, 7) is 1.96. The largest absolute Gasteiger partial charge is 0.462 e. The van der Waals surface area contributed by atoms with Crippen LogP contribution in [0.3, 0.4) is 0 Å². The molecule has 0 radical (unpaired) electrons. The Hall–Kier alpha value is -1.69. The maximum atomic E-state index is 12.6. The van der Waals surface area contributed by atoms with Crippen molar-refractivity contribution in [1.82, 2.24) is 9.88 Å². The summed E-state index contributed by atoms with van der Waals surface area (Å²) in [5.74, 6) is -0.939. The van der Waals surface area contributed by atoms with Gasteiger partial charge in [0.2, 0.25) is 5.78 Å². The Labute approximate surface area is 128 Å². The van der Waals surface area contributed by atoms with E-state index in [0.29, 0.717) is 5.01 Å². The molecule has 0 N–H and O–H groups in total. The summed E-state index contributed by atoms with van der Waals surface area (Å²) in [5.41, 5.74) is 1.05. The van der Waals surface area contributed by atoms with E-state index in [1.807, 2.05) is 0 Å². The van der Waals surface area contributed by atoms with Gasteiger partial charge in [-0.05, 0) is 32.6 Å². The van der Waals surface area contributed by atoms with Crippen LogP contribution in [0.25, 0.3) is 0 Å². The van der Waals surface area contributed by atoms with Gasteiger partial charge in [0.05, 0.1) is 12.3 Å². The third kappa shape index (κ3) is 3.69. The molecule has 0 atom stereocenters. The van der Waals surface area contributed by atoms with E-state index in [2.05, 4.69) is 4.98 Å². The number of aromatic nitrogens is 1. The van der Waals surface area contributed by atoms with Crippen molar-refractivity contribution >= 4 is 23.1 Å². The summed E-state index contributed by atoms with van der Waals surface area (Å²) >= 11 is 1.41. The molecule has 21 heavy (non-hydrogen) atoms. The lowest BCUT2D eigenvalue weighted by Crippen LogP contribution is -2.19. The number of carbonyl (C=O) groups excluding carboxylic acids is 2. The summed E-state index contributed by atoms with van der Waals surface area (Å²) in [5, 5.41) is 0.392. The Morgan fingerprint density at radius 1 is 1.33 bits per heavy atom. The maximum absolute atomic E-state index is 12.6. The van der Waals surface area contributed by atoms with Crippen molar-refractivity contribution in [2.45, 2.75) is 32.6 Å². The number of ether oxygens (including phenoxy) is 1. The SMILES string of the molecule is CCOC(=O)/C(=C\N(C)C)C(=O)c1nc2c(s1)CCCC2. The first-order valence-electron chi connectivity index (χ1n) is 7.11. The van der Waals surface area contributed by atoms with Gasteiger partial charge in [0.25, 0.3) is 0 Å². The van der Waals surface area contributed by atoms with Crippen molar-refractivity contribution in [2.24, 2.45) is 0 Å².